The Morgan fingerprint density at radius 3 is 2.55 bits per heavy atom. The Bertz CT molecular complexity index is 757. The number of imidazole rings is 1. The van der Waals surface area contributed by atoms with Gasteiger partial charge in [-0.05, 0) is 12.1 Å². The lowest BCUT2D eigenvalue weighted by Crippen LogP contribution is -2.15. The normalized spacial score (nSPS) is 13.3. The van der Waals surface area contributed by atoms with E-state index in [1.165, 1.54) is 0 Å². The predicted octanol–water partition coefficient (Wildman–Crippen LogP) is 2.18. The maximum absolute atomic E-state index is 12.8. The highest BCUT2D eigenvalue weighted by Crippen LogP contribution is 2.36. The van der Waals surface area contributed by atoms with Crippen LogP contribution < -0.4 is 5.73 Å². The number of H-pyrrole nitrogens is 1. The first-order chi connectivity index (χ1) is 10.1. The molecule has 0 bridgehead atoms. The van der Waals surface area contributed by atoms with Crippen molar-refractivity contribution in [3.05, 3.63) is 23.5 Å². The van der Waals surface area contributed by atoms with E-state index in [-0.39, 0.29) is 16.9 Å². The van der Waals surface area contributed by atoms with Crippen LogP contribution in [-0.2, 0) is 15.8 Å². The molecule has 0 radical (unpaired) electrons. The summed E-state index contributed by atoms with van der Waals surface area (Å²) in [4.78, 5) is 28.5. The van der Waals surface area contributed by atoms with E-state index >= 15 is 0 Å². The summed E-state index contributed by atoms with van der Waals surface area (Å²) in [6, 6.07) is 1.75. The lowest BCUT2D eigenvalue weighted by atomic mass is 10.1. The topological polar surface area (TPSA) is 109 Å². The van der Waals surface area contributed by atoms with Crippen molar-refractivity contribution in [2.45, 2.75) is 18.5 Å². The standard InChI is InChI=1S/C12H10F3N3O3S/c13-12(14,15)5-2-7-8(3-6(5)16)18-10(17-7)4(11(20)21)1-9(19)22/h2-4H,1,16H2,(H,17,18)(H,19,22)(H,20,21). The van der Waals surface area contributed by atoms with Crippen molar-refractivity contribution in [2.24, 2.45) is 0 Å². The Balaban J connectivity index is 2.54. The van der Waals surface area contributed by atoms with Crippen LogP contribution in [0.2, 0.25) is 0 Å². The number of aromatic nitrogens is 2. The molecule has 1 unspecified atom stereocenters. The first-order valence-corrected chi connectivity index (χ1v) is 6.35. The van der Waals surface area contributed by atoms with E-state index in [0.29, 0.717) is 0 Å². The van der Waals surface area contributed by atoms with Crippen LogP contribution in [0.1, 0.15) is 23.7 Å². The molecule has 0 fully saturated rings. The minimum atomic E-state index is -4.65. The Hall–Kier alpha value is -2.23. The van der Waals surface area contributed by atoms with Crippen LogP contribution in [0.3, 0.4) is 0 Å². The van der Waals surface area contributed by atoms with Gasteiger partial charge in [0.05, 0.1) is 16.6 Å². The molecular weight excluding hydrogens is 323 g/mol. The average molecular weight is 333 g/mol. The van der Waals surface area contributed by atoms with Crippen molar-refractivity contribution < 1.29 is 27.9 Å². The largest absolute Gasteiger partial charge is 0.481 e. The third-order valence-corrected chi connectivity index (χ3v) is 3.17. The summed E-state index contributed by atoms with van der Waals surface area (Å²) in [7, 11) is 0. The molecule has 1 aromatic heterocycles. The van der Waals surface area contributed by atoms with E-state index in [1.807, 2.05) is 0 Å². The first kappa shape index (κ1) is 16.1. The second-order valence-corrected chi connectivity index (χ2v) is 5.06. The Labute approximate surface area is 126 Å². The number of halogens is 3. The molecule has 1 heterocycles. The quantitative estimate of drug-likeness (QED) is 0.506. The van der Waals surface area contributed by atoms with E-state index in [1.54, 1.807) is 0 Å². The monoisotopic (exact) mass is 333 g/mol. The van der Waals surface area contributed by atoms with Gasteiger partial charge in [0.2, 0.25) is 0 Å². The fourth-order valence-electron chi connectivity index (χ4n) is 1.98. The minimum Gasteiger partial charge on any atom is -0.481 e. The molecule has 0 aliphatic rings. The molecule has 118 valence electrons. The number of nitrogens with one attached hydrogen (secondary N) is 1. The lowest BCUT2D eigenvalue weighted by Gasteiger charge is -2.08. The van der Waals surface area contributed by atoms with E-state index in [9.17, 15) is 22.8 Å². The van der Waals surface area contributed by atoms with Crippen LogP contribution >= 0.6 is 12.6 Å². The number of nitrogen functional groups attached to an aromatic ring is 1. The Kier molecular flexibility index (Phi) is 4.05. The highest BCUT2D eigenvalue weighted by molar-refractivity contribution is 7.96. The smallest absolute Gasteiger partial charge is 0.418 e. The number of hydrogen-bond acceptors (Lipinski definition) is 4. The maximum Gasteiger partial charge on any atom is 0.418 e. The number of benzene rings is 1. The molecule has 0 saturated heterocycles. The van der Waals surface area contributed by atoms with Gasteiger partial charge in [-0.15, -0.1) is 12.6 Å². The van der Waals surface area contributed by atoms with Gasteiger partial charge in [0.1, 0.15) is 11.7 Å². The number of hydrogen-bond donors (Lipinski definition) is 4. The SMILES string of the molecule is Nc1cc2[nH]c(C(CC(=O)S)C(=O)O)nc2cc1C(F)(F)F. The molecule has 1 atom stereocenters. The molecule has 2 rings (SSSR count). The average Bonchev–Trinajstić information content (AvgIpc) is 2.75. The summed E-state index contributed by atoms with van der Waals surface area (Å²) in [5, 5.41) is 8.41. The zero-order valence-electron chi connectivity index (χ0n) is 10.8. The van der Waals surface area contributed by atoms with E-state index in [4.69, 9.17) is 10.8 Å². The number of aliphatic carboxylic acids is 1. The fraction of sp³-hybridized carbons (Fsp3) is 0.250. The van der Waals surface area contributed by atoms with Gasteiger partial charge in [0.25, 0.3) is 0 Å². The van der Waals surface area contributed by atoms with Gasteiger partial charge in [-0.1, -0.05) is 0 Å². The molecule has 10 heteroatoms. The first-order valence-electron chi connectivity index (χ1n) is 5.90. The molecule has 0 spiro atoms. The van der Waals surface area contributed by atoms with Crippen LogP contribution in [0.5, 0.6) is 0 Å². The number of carbonyl (C=O) groups is 2. The number of carboxylic acid groups (broad SMARTS) is 1. The van der Waals surface area contributed by atoms with Crippen molar-refractivity contribution in [3.8, 4) is 0 Å². The van der Waals surface area contributed by atoms with Crippen molar-refractivity contribution in [1.82, 2.24) is 9.97 Å². The number of thiol groups is 1. The second-order valence-electron chi connectivity index (χ2n) is 4.57. The highest BCUT2D eigenvalue weighted by Gasteiger charge is 2.34. The minimum absolute atomic E-state index is 0.0885. The predicted molar refractivity (Wildman–Crippen MR) is 74.5 cm³/mol. The number of anilines is 1. The second kappa shape index (κ2) is 5.52. The van der Waals surface area contributed by atoms with E-state index in [0.717, 1.165) is 12.1 Å². The number of rotatable bonds is 4. The Morgan fingerprint density at radius 2 is 2.05 bits per heavy atom. The molecule has 4 N–H and O–H groups in total. The van der Waals surface area contributed by atoms with Gasteiger partial charge in [0, 0.05) is 12.1 Å². The molecule has 1 aromatic carbocycles. The van der Waals surface area contributed by atoms with Crippen LogP contribution in [0.4, 0.5) is 18.9 Å². The zero-order valence-corrected chi connectivity index (χ0v) is 11.7. The summed E-state index contributed by atoms with van der Waals surface area (Å²) < 4.78 is 38.3. The van der Waals surface area contributed by atoms with Crippen molar-refractivity contribution in [2.75, 3.05) is 5.73 Å². The third-order valence-electron chi connectivity index (χ3n) is 2.98. The van der Waals surface area contributed by atoms with Gasteiger partial charge >= 0.3 is 12.1 Å². The molecular formula is C12H10F3N3O3S. The summed E-state index contributed by atoms with van der Waals surface area (Å²) >= 11 is 3.50. The summed E-state index contributed by atoms with van der Waals surface area (Å²) in [5.41, 5.74) is 3.84. The Morgan fingerprint density at radius 1 is 1.41 bits per heavy atom. The van der Waals surface area contributed by atoms with Gasteiger partial charge in [-0.25, -0.2) is 4.98 Å². The molecule has 0 aliphatic heterocycles. The molecule has 22 heavy (non-hydrogen) atoms. The van der Waals surface area contributed by atoms with E-state index in [2.05, 4.69) is 22.6 Å². The van der Waals surface area contributed by atoms with Gasteiger partial charge in [-0.2, -0.15) is 13.2 Å². The van der Waals surface area contributed by atoms with Gasteiger partial charge < -0.3 is 15.8 Å². The van der Waals surface area contributed by atoms with Crippen LogP contribution in [0.25, 0.3) is 11.0 Å². The maximum atomic E-state index is 12.8. The van der Waals surface area contributed by atoms with Crippen LogP contribution in [-0.4, -0.2) is 26.2 Å². The number of fused-ring (bicyclic) bond motifs is 1. The number of carbonyl (C=O) groups excluding carboxylic acids is 1. The lowest BCUT2D eigenvalue weighted by molar-refractivity contribution is -0.140. The number of carboxylic acids is 1. The summed E-state index contributed by atoms with van der Waals surface area (Å²) in [5.74, 6) is -2.80. The van der Waals surface area contributed by atoms with Gasteiger partial charge in [0.15, 0.2) is 5.12 Å². The van der Waals surface area contributed by atoms with Crippen LogP contribution in [0.15, 0.2) is 12.1 Å². The summed E-state index contributed by atoms with van der Waals surface area (Å²) in [6.07, 6.45) is -5.09. The number of alkyl halides is 3. The number of nitrogens with two attached hydrogens (primary N) is 1. The number of aromatic amines is 1. The number of nitrogens with zero attached hydrogens (tertiary/aromatic N) is 1. The van der Waals surface area contributed by atoms with E-state index < -0.39 is 40.9 Å². The fourth-order valence-corrected chi connectivity index (χ4v) is 2.16. The molecule has 2 aromatic rings. The van der Waals surface area contributed by atoms with Gasteiger partial charge in [-0.3, -0.25) is 9.59 Å². The van der Waals surface area contributed by atoms with Crippen molar-refractivity contribution in [1.29, 1.82) is 0 Å². The summed E-state index contributed by atoms with van der Waals surface area (Å²) in [6.45, 7) is 0. The molecule has 0 saturated carbocycles. The molecule has 0 amide bonds. The van der Waals surface area contributed by atoms with Crippen molar-refractivity contribution >= 4 is 40.4 Å². The van der Waals surface area contributed by atoms with Crippen molar-refractivity contribution in [3.63, 3.8) is 0 Å². The highest BCUT2D eigenvalue weighted by atomic mass is 32.1. The van der Waals surface area contributed by atoms with Crippen LogP contribution in [0, 0.1) is 0 Å². The third kappa shape index (κ3) is 3.16. The molecule has 6 nitrogen and oxygen atoms in total. The zero-order chi connectivity index (χ0) is 16.7. The molecule has 0 aliphatic carbocycles.